The zero-order valence-corrected chi connectivity index (χ0v) is 13.7. The maximum atomic E-state index is 12.4. The molecule has 1 aromatic heterocycles. The van der Waals surface area contributed by atoms with Crippen LogP contribution in [0, 0.1) is 0 Å². The minimum Gasteiger partial charge on any atom is -0.496 e. The third kappa shape index (κ3) is 3.08. The molecule has 0 unspecified atom stereocenters. The molecule has 3 aromatic rings. The fraction of sp³-hybridized carbons (Fsp3) is 0.222. The topological polar surface area (TPSA) is 81.9 Å². The first-order chi connectivity index (χ1) is 12.3. The van der Waals surface area contributed by atoms with Crippen LogP contribution >= 0.6 is 0 Å². The van der Waals surface area contributed by atoms with Crippen molar-refractivity contribution in [1.29, 1.82) is 0 Å². The van der Waals surface area contributed by atoms with E-state index in [9.17, 15) is 4.79 Å². The lowest BCUT2D eigenvalue weighted by Crippen LogP contribution is -2.13. The molecule has 1 amide bonds. The maximum Gasteiger partial charge on any atom is 0.259 e. The Morgan fingerprint density at radius 1 is 1.16 bits per heavy atom. The van der Waals surface area contributed by atoms with Crippen LogP contribution in [0.1, 0.15) is 29.2 Å². The number of hydrogen-bond acceptors (Lipinski definition) is 5. The molecule has 7 nitrogen and oxygen atoms in total. The van der Waals surface area contributed by atoms with Crippen LogP contribution in [0.3, 0.4) is 0 Å². The highest BCUT2D eigenvalue weighted by Crippen LogP contribution is 2.36. The van der Waals surface area contributed by atoms with Gasteiger partial charge >= 0.3 is 0 Å². The van der Waals surface area contributed by atoms with E-state index in [0.717, 1.165) is 24.2 Å². The van der Waals surface area contributed by atoms with Gasteiger partial charge in [-0.05, 0) is 59.7 Å². The van der Waals surface area contributed by atoms with Gasteiger partial charge in [0.05, 0.1) is 18.7 Å². The molecule has 4 rings (SSSR count). The van der Waals surface area contributed by atoms with Gasteiger partial charge in [-0.25, -0.2) is 4.68 Å². The number of anilines is 1. The molecule has 1 aliphatic rings. The van der Waals surface area contributed by atoms with Gasteiger partial charge in [0.2, 0.25) is 0 Å². The number of methoxy groups -OCH3 is 1. The van der Waals surface area contributed by atoms with Gasteiger partial charge in [-0.1, -0.05) is 12.1 Å². The Labute approximate surface area is 144 Å². The highest BCUT2D eigenvalue weighted by molar-refractivity contribution is 6.06. The Morgan fingerprint density at radius 2 is 1.92 bits per heavy atom. The van der Waals surface area contributed by atoms with Gasteiger partial charge in [0.1, 0.15) is 5.75 Å². The molecule has 2 aromatic carbocycles. The van der Waals surface area contributed by atoms with Crippen LogP contribution in [0.2, 0.25) is 0 Å². The van der Waals surface area contributed by atoms with Gasteiger partial charge in [0, 0.05) is 11.3 Å². The zero-order valence-electron chi connectivity index (χ0n) is 13.7. The predicted octanol–water partition coefficient (Wildman–Crippen LogP) is 2.94. The van der Waals surface area contributed by atoms with E-state index in [1.165, 1.54) is 0 Å². The summed E-state index contributed by atoms with van der Waals surface area (Å²) < 4.78 is 7.09. The van der Waals surface area contributed by atoms with Crippen molar-refractivity contribution in [1.82, 2.24) is 20.2 Å². The lowest BCUT2D eigenvalue weighted by atomic mass is 10.1. The molecule has 0 saturated heterocycles. The Kier molecular flexibility index (Phi) is 3.89. The van der Waals surface area contributed by atoms with Crippen molar-refractivity contribution in [2.24, 2.45) is 0 Å². The maximum absolute atomic E-state index is 12.4. The lowest BCUT2D eigenvalue weighted by molar-refractivity contribution is 0.102. The van der Waals surface area contributed by atoms with E-state index in [1.807, 2.05) is 35.0 Å². The molecule has 0 bridgehead atoms. The van der Waals surface area contributed by atoms with Gasteiger partial charge < -0.3 is 10.1 Å². The first kappa shape index (κ1) is 15.3. The van der Waals surface area contributed by atoms with Crippen molar-refractivity contribution in [3.05, 3.63) is 54.1 Å². The molecular formula is C18H17N5O2. The van der Waals surface area contributed by atoms with Gasteiger partial charge in [-0.3, -0.25) is 4.79 Å². The SMILES string of the molecule is COc1ccccc1C(=O)Nc1ccc(-c2nnnn2C2CC2)cc1. The second-order valence-corrected chi connectivity index (χ2v) is 5.91. The fourth-order valence-electron chi connectivity index (χ4n) is 2.68. The van der Waals surface area contributed by atoms with Crippen LogP contribution < -0.4 is 10.1 Å². The largest absolute Gasteiger partial charge is 0.496 e. The number of tetrazole rings is 1. The zero-order chi connectivity index (χ0) is 17.2. The minimum atomic E-state index is -0.215. The first-order valence-electron chi connectivity index (χ1n) is 8.09. The highest BCUT2D eigenvalue weighted by atomic mass is 16.5. The molecule has 1 saturated carbocycles. The summed E-state index contributed by atoms with van der Waals surface area (Å²) >= 11 is 0. The van der Waals surface area contributed by atoms with E-state index >= 15 is 0 Å². The lowest BCUT2D eigenvalue weighted by Gasteiger charge is -2.09. The molecule has 1 heterocycles. The minimum absolute atomic E-state index is 0.215. The van der Waals surface area contributed by atoms with Gasteiger partial charge in [0.15, 0.2) is 5.82 Å². The standard InChI is InChI=1S/C18H17N5O2/c1-25-16-5-3-2-4-15(16)18(24)19-13-8-6-12(7-9-13)17-20-21-22-23(17)14-10-11-14/h2-9,14H,10-11H2,1H3,(H,19,24). The number of carbonyl (C=O) groups is 1. The van der Waals surface area contributed by atoms with E-state index in [0.29, 0.717) is 23.0 Å². The Morgan fingerprint density at radius 3 is 2.64 bits per heavy atom. The molecule has 0 spiro atoms. The van der Waals surface area contributed by atoms with Crippen molar-refractivity contribution >= 4 is 11.6 Å². The van der Waals surface area contributed by atoms with Crippen LogP contribution in [0.5, 0.6) is 5.75 Å². The monoisotopic (exact) mass is 335 g/mol. The van der Waals surface area contributed by atoms with Crippen LogP contribution in [-0.2, 0) is 0 Å². The third-order valence-electron chi connectivity index (χ3n) is 4.14. The van der Waals surface area contributed by atoms with E-state index in [4.69, 9.17) is 4.74 Å². The van der Waals surface area contributed by atoms with Gasteiger partial charge in [-0.2, -0.15) is 0 Å². The third-order valence-corrected chi connectivity index (χ3v) is 4.14. The molecule has 1 fully saturated rings. The number of rotatable bonds is 5. The number of para-hydroxylation sites is 1. The smallest absolute Gasteiger partial charge is 0.259 e. The molecule has 1 N–H and O–H groups in total. The van der Waals surface area contributed by atoms with E-state index in [2.05, 4.69) is 20.8 Å². The number of nitrogens with zero attached hydrogens (tertiary/aromatic N) is 4. The number of aromatic nitrogens is 4. The van der Waals surface area contributed by atoms with Gasteiger partial charge in [0.25, 0.3) is 5.91 Å². The summed E-state index contributed by atoms with van der Waals surface area (Å²) in [6.45, 7) is 0. The second-order valence-electron chi connectivity index (χ2n) is 5.91. The number of amides is 1. The Hall–Kier alpha value is -3.22. The number of ether oxygens (including phenoxy) is 1. The number of benzene rings is 2. The Bertz CT molecular complexity index is 900. The molecular weight excluding hydrogens is 318 g/mol. The van der Waals surface area contributed by atoms with E-state index in [-0.39, 0.29) is 5.91 Å². The van der Waals surface area contributed by atoms with Crippen LogP contribution in [-0.4, -0.2) is 33.2 Å². The van der Waals surface area contributed by atoms with E-state index < -0.39 is 0 Å². The average Bonchev–Trinajstić information content (AvgIpc) is 3.39. The van der Waals surface area contributed by atoms with Crippen LogP contribution in [0.15, 0.2) is 48.5 Å². The van der Waals surface area contributed by atoms with Crippen LogP contribution in [0.25, 0.3) is 11.4 Å². The number of hydrogen-bond donors (Lipinski definition) is 1. The molecule has 25 heavy (non-hydrogen) atoms. The summed E-state index contributed by atoms with van der Waals surface area (Å²) in [6.07, 6.45) is 2.23. The molecule has 1 aliphatic carbocycles. The second kappa shape index (κ2) is 6.35. The van der Waals surface area contributed by atoms with Crippen LogP contribution in [0.4, 0.5) is 5.69 Å². The van der Waals surface area contributed by atoms with E-state index in [1.54, 1.807) is 25.3 Å². The van der Waals surface area contributed by atoms with Crippen molar-refractivity contribution in [3.8, 4) is 17.1 Å². The molecule has 126 valence electrons. The quantitative estimate of drug-likeness (QED) is 0.775. The summed E-state index contributed by atoms with van der Waals surface area (Å²) in [4.78, 5) is 12.4. The number of carbonyl (C=O) groups excluding carboxylic acids is 1. The van der Waals surface area contributed by atoms with Crippen molar-refractivity contribution in [2.75, 3.05) is 12.4 Å². The molecule has 0 atom stereocenters. The van der Waals surface area contributed by atoms with Crippen molar-refractivity contribution in [2.45, 2.75) is 18.9 Å². The molecule has 0 radical (unpaired) electrons. The van der Waals surface area contributed by atoms with Gasteiger partial charge in [-0.15, -0.1) is 5.10 Å². The fourth-order valence-corrected chi connectivity index (χ4v) is 2.68. The first-order valence-corrected chi connectivity index (χ1v) is 8.09. The summed E-state index contributed by atoms with van der Waals surface area (Å²) in [6, 6.07) is 15.0. The summed E-state index contributed by atoms with van der Waals surface area (Å²) in [5.41, 5.74) is 2.11. The molecule has 7 heteroatoms. The highest BCUT2D eigenvalue weighted by Gasteiger charge is 2.28. The average molecular weight is 335 g/mol. The summed E-state index contributed by atoms with van der Waals surface area (Å²) in [7, 11) is 1.55. The van der Waals surface area contributed by atoms with Crippen molar-refractivity contribution < 1.29 is 9.53 Å². The van der Waals surface area contributed by atoms with Crippen molar-refractivity contribution in [3.63, 3.8) is 0 Å². The predicted molar refractivity (Wildman–Crippen MR) is 92.5 cm³/mol. The summed E-state index contributed by atoms with van der Waals surface area (Å²) in [5.74, 6) is 1.08. The normalized spacial score (nSPS) is 13.5. The number of nitrogens with one attached hydrogen (secondary N) is 1. The molecule has 0 aliphatic heterocycles. The summed E-state index contributed by atoms with van der Waals surface area (Å²) in [5, 5.41) is 14.8. The Balaban J connectivity index is 1.52.